The van der Waals surface area contributed by atoms with E-state index in [0.29, 0.717) is 22.5 Å². The maximum atomic E-state index is 13.2. The lowest BCUT2D eigenvalue weighted by Gasteiger charge is -2.17. The molecule has 0 saturated carbocycles. The normalized spacial score (nSPS) is 11.8. The van der Waals surface area contributed by atoms with Crippen molar-refractivity contribution in [2.45, 2.75) is 24.8 Å². The van der Waals surface area contributed by atoms with Crippen molar-refractivity contribution in [1.29, 1.82) is 0 Å². The minimum absolute atomic E-state index is 0.119. The number of benzene rings is 4. The van der Waals surface area contributed by atoms with Gasteiger partial charge in [0, 0.05) is 5.56 Å². The molecule has 2 amide bonds. The molecule has 4 rings (SSSR count). The van der Waals surface area contributed by atoms with Crippen LogP contribution in [0.15, 0.2) is 108 Å². The first-order valence-electron chi connectivity index (χ1n) is 11.7. The first-order valence-corrected chi connectivity index (χ1v) is 13.2. The van der Waals surface area contributed by atoms with Gasteiger partial charge in [-0.05, 0) is 61.4 Å². The smallest absolute Gasteiger partial charge is 0.261 e. The summed E-state index contributed by atoms with van der Waals surface area (Å²) >= 11 is 0. The second-order valence-corrected chi connectivity index (χ2v) is 10.2. The number of hydrogen-bond acceptors (Lipinski definition) is 4. The van der Waals surface area contributed by atoms with Crippen molar-refractivity contribution in [1.82, 2.24) is 5.32 Å². The van der Waals surface area contributed by atoms with Gasteiger partial charge in [0.05, 0.1) is 27.9 Å². The average Bonchev–Trinajstić information content (AvgIpc) is 2.91. The fourth-order valence-corrected chi connectivity index (χ4v) is 5.02. The van der Waals surface area contributed by atoms with E-state index in [1.807, 2.05) is 37.3 Å². The number of rotatable bonds is 8. The summed E-state index contributed by atoms with van der Waals surface area (Å²) in [6, 6.07) is 28.9. The number of amides is 2. The zero-order valence-corrected chi connectivity index (χ0v) is 21.3. The second-order valence-electron chi connectivity index (χ2n) is 8.50. The molecular formula is C29H27N3O4S. The summed E-state index contributed by atoms with van der Waals surface area (Å²) in [5.41, 5.74) is 2.65. The highest BCUT2D eigenvalue weighted by atomic mass is 32.2. The van der Waals surface area contributed by atoms with Crippen molar-refractivity contribution in [2.24, 2.45) is 0 Å². The zero-order valence-electron chi connectivity index (χ0n) is 20.4. The van der Waals surface area contributed by atoms with Crippen molar-refractivity contribution in [3.63, 3.8) is 0 Å². The Labute approximate surface area is 216 Å². The molecule has 0 aromatic heterocycles. The van der Waals surface area contributed by atoms with Crippen molar-refractivity contribution < 1.29 is 18.0 Å². The van der Waals surface area contributed by atoms with Crippen LogP contribution >= 0.6 is 0 Å². The molecule has 4 aromatic rings. The monoisotopic (exact) mass is 513 g/mol. The van der Waals surface area contributed by atoms with E-state index < -0.39 is 15.9 Å². The molecule has 0 spiro atoms. The van der Waals surface area contributed by atoms with Gasteiger partial charge < -0.3 is 10.6 Å². The van der Waals surface area contributed by atoms with E-state index in [0.717, 1.165) is 5.56 Å². The van der Waals surface area contributed by atoms with E-state index in [-0.39, 0.29) is 22.4 Å². The lowest BCUT2D eigenvalue weighted by Crippen LogP contribution is -2.28. The highest BCUT2D eigenvalue weighted by Crippen LogP contribution is 2.25. The summed E-state index contributed by atoms with van der Waals surface area (Å²) in [5.74, 6) is -0.789. The fourth-order valence-electron chi connectivity index (χ4n) is 3.87. The quantitative estimate of drug-likeness (QED) is 0.288. The van der Waals surface area contributed by atoms with Crippen LogP contribution in [-0.2, 0) is 10.0 Å². The van der Waals surface area contributed by atoms with Gasteiger partial charge in [0.2, 0.25) is 0 Å². The van der Waals surface area contributed by atoms with E-state index >= 15 is 0 Å². The molecule has 4 aromatic carbocycles. The predicted molar refractivity (Wildman–Crippen MR) is 145 cm³/mol. The van der Waals surface area contributed by atoms with Crippen LogP contribution in [0.2, 0.25) is 0 Å². The molecular weight excluding hydrogens is 486 g/mol. The summed E-state index contributed by atoms with van der Waals surface area (Å²) in [7, 11) is -3.82. The van der Waals surface area contributed by atoms with Crippen molar-refractivity contribution >= 4 is 33.2 Å². The molecule has 0 aliphatic rings. The number of nitrogens with one attached hydrogen (secondary N) is 3. The maximum Gasteiger partial charge on any atom is 0.261 e. The molecule has 0 fully saturated rings. The van der Waals surface area contributed by atoms with Crippen molar-refractivity contribution in [2.75, 3.05) is 10.0 Å². The average molecular weight is 514 g/mol. The molecule has 0 saturated heterocycles. The molecule has 0 aliphatic carbocycles. The molecule has 8 heteroatoms. The van der Waals surface area contributed by atoms with Gasteiger partial charge in [-0.1, -0.05) is 66.7 Å². The van der Waals surface area contributed by atoms with Gasteiger partial charge in [-0.3, -0.25) is 14.3 Å². The predicted octanol–water partition coefficient (Wildman–Crippen LogP) is 5.54. The van der Waals surface area contributed by atoms with E-state index in [1.165, 1.54) is 12.1 Å². The Bertz CT molecular complexity index is 1520. The SMILES string of the molecule is Cc1c(NS(=O)(=O)c2ccccc2)cccc1C(=O)Nc1ccccc1C(=O)N[C@H](C)c1ccccc1. The third kappa shape index (κ3) is 6.05. The van der Waals surface area contributed by atoms with Gasteiger partial charge in [-0.15, -0.1) is 0 Å². The number of carbonyl (C=O) groups excluding carboxylic acids is 2. The summed E-state index contributed by atoms with van der Waals surface area (Å²) < 4.78 is 28.1. The Hall–Kier alpha value is -4.43. The first-order chi connectivity index (χ1) is 17.8. The van der Waals surface area contributed by atoms with Gasteiger partial charge >= 0.3 is 0 Å². The zero-order chi connectivity index (χ0) is 26.4. The first kappa shape index (κ1) is 25.7. The Morgan fingerprint density at radius 1 is 0.676 bits per heavy atom. The standard InChI is InChI=1S/C29H27N3O4S/c1-20-24(17-11-19-26(20)32-37(35,36)23-14-7-4-8-15-23)28(33)31-27-18-10-9-16-25(27)29(34)30-21(2)22-12-5-3-6-13-22/h3-19,21,32H,1-2H3,(H,30,34)(H,31,33)/t21-/m1/s1. The summed E-state index contributed by atoms with van der Waals surface area (Å²) in [5, 5.41) is 5.77. The highest BCUT2D eigenvalue weighted by molar-refractivity contribution is 7.92. The summed E-state index contributed by atoms with van der Waals surface area (Å²) in [4.78, 5) is 26.4. The Morgan fingerprint density at radius 3 is 1.95 bits per heavy atom. The summed E-state index contributed by atoms with van der Waals surface area (Å²) in [6.45, 7) is 3.55. The van der Waals surface area contributed by atoms with E-state index in [9.17, 15) is 18.0 Å². The van der Waals surface area contributed by atoms with E-state index in [1.54, 1.807) is 67.6 Å². The largest absolute Gasteiger partial charge is 0.345 e. The topological polar surface area (TPSA) is 104 Å². The minimum atomic E-state index is -3.82. The number of anilines is 2. The van der Waals surface area contributed by atoms with Crippen LogP contribution in [-0.4, -0.2) is 20.2 Å². The minimum Gasteiger partial charge on any atom is -0.345 e. The van der Waals surface area contributed by atoms with E-state index in [2.05, 4.69) is 15.4 Å². The molecule has 0 heterocycles. The lowest BCUT2D eigenvalue weighted by molar-refractivity contribution is 0.0940. The van der Waals surface area contributed by atoms with Gasteiger partial charge in [-0.25, -0.2) is 8.42 Å². The van der Waals surface area contributed by atoms with Crippen LogP contribution in [0.3, 0.4) is 0 Å². The van der Waals surface area contributed by atoms with E-state index in [4.69, 9.17) is 0 Å². The number of hydrogen-bond donors (Lipinski definition) is 3. The van der Waals surface area contributed by atoms with Crippen molar-refractivity contribution in [3.8, 4) is 0 Å². The van der Waals surface area contributed by atoms with Crippen LogP contribution in [0.5, 0.6) is 0 Å². The Balaban J connectivity index is 1.54. The third-order valence-corrected chi connectivity index (χ3v) is 7.32. The molecule has 1 atom stereocenters. The fraction of sp³-hybridized carbons (Fsp3) is 0.103. The molecule has 188 valence electrons. The molecule has 0 unspecified atom stereocenters. The van der Waals surface area contributed by atoms with Gasteiger partial charge in [-0.2, -0.15) is 0 Å². The summed E-state index contributed by atoms with van der Waals surface area (Å²) in [6.07, 6.45) is 0. The Kier molecular flexibility index (Phi) is 7.69. The third-order valence-electron chi connectivity index (χ3n) is 5.94. The van der Waals surface area contributed by atoms with Crippen LogP contribution < -0.4 is 15.4 Å². The van der Waals surface area contributed by atoms with Gasteiger partial charge in [0.1, 0.15) is 0 Å². The highest BCUT2D eigenvalue weighted by Gasteiger charge is 2.20. The number of para-hydroxylation sites is 1. The molecule has 7 nitrogen and oxygen atoms in total. The van der Waals surface area contributed by atoms with Crippen LogP contribution in [0.25, 0.3) is 0 Å². The molecule has 0 aliphatic heterocycles. The van der Waals surface area contributed by atoms with Crippen molar-refractivity contribution in [3.05, 3.63) is 125 Å². The van der Waals surface area contributed by atoms with Crippen LogP contribution in [0.1, 0.15) is 44.8 Å². The lowest BCUT2D eigenvalue weighted by atomic mass is 10.1. The molecule has 0 radical (unpaired) electrons. The van der Waals surface area contributed by atoms with Gasteiger partial charge in [0.15, 0.2) is 0 Å². The molecule has 0 bridgehead atoms. The number of carbonyl (C=O) groups is 2. The molecule has 3 N–H and O–H groups in total. The maximum absolute atomic E-state index is 13.2. The Morgan fingerprint density at radius 2 is 1.24 bits per heavy atom. The van der Waals surface area contributed by atoms with Gasteiger partial charge in [0.25, 0.3) is 21.8 Å². The second kappa shape index (κ2) is 11.1. The number of sulfonamides is 1. The van der Waals surface area contributed by atoms with Crippen LogP contribution in [0.4, 0.5) is 11.4 Å². The molecule has 37 heavy (non-hydrogen) atoms. The van der Waals surface area contributed by atoms with Crippen LogP contribution in [0, 0.1) is 6.92 Å².